The molecule has 5 nitrogen and oxygen atoms in total. The Morgan fingerprint density at radius 3 is 1.78 bits per heavy atom. The van der Waals surface area contributed by atoms with E-state index >= 15 is 0 Å². The third kappa shape index (κ3) is 17.7. The van der Waals surface area contributed by atoms with E-state index in [1.54, 1.807) is 6.92 Å². The van der Waals surface area contributed by atoms with Gasteiger partial charge in [0.25, 0.3) is 0 Å². The molecule has 0 aromatic carbocycles. The van der Waals surface area contributed by atoms with Gasteiger partial charge in [-0.2, -0.15) is 0 Å². The Hall–Kier alpha value is 0.571. The summed E-state index contributed by atoms with van der Waals surface area (Å²) in [6.07, 6.45) is 0. The van der Waals surface area contributed by atoms with Gasteiger partial charge in [-0.15, -0.1) is 0 Å². The Balaban J connectivity index is 0. The van der Waals surface area contributed by atoms with E-state index in [1.165, 1.54) is 0 Å². The van der Waals surface area contributed by atoms with Gasteiger partial charge in [0.05, 0.1) is 0 Å². The van der Waals surface area contributed by atoms with Gasteiger partial charge in [0, 0.05) is 6.61 Å². The molecular formula is C2H8O5SiTi. The van der Waals surface area contributed by atoms with Gasteiger partial charge in [-0.05, 0) is 6.92 Å². The predicted octanol–water partition coefficient (Wildman–Crippen LogP) is -1.69. The molecule has 0 aliphatic heterocycles. The number of hydrogen-bond donors (Lipinski definition) is 3. The molecule has 0 saturated carbocycles. The van der Waals surface area contributed by atoms with Crippen molar-refractivity contribution in [3.8, 4) is 0 Å². The van der Waals surface area contributed by atoms with Crippen molar-refractivity contribution in [1.82, 2.24) is 0 Å². The zero-order valence-electron chi connectivity index (χ0n) is 4.87. The third-order valence-corrected chi connectivity index (χ3v) is 1.01. The van der Waals surface area contributed by atoms with E-state index in [0.29, 0.717) is 0 Å². The minimum absolute atomic E-state index is 0.121. The summed E-state index contributed by atoms with van der Waals surface area (Å²) in [5, 5.41) is 0. The molecule has 0 aliphatic rings. The van der Waals surface area contributed by atoms with E-state index in [2.05, 4.69) is 4.43 Å². The summed E-state index contributed by atoms with van der Waals surface area (Å²) in [5.41, 5.74) is 0. The van der Waals surface area contributed by atoms with E-state index in [0.717, 1.165) is 20.4 Å². The second-order valence-electron chi connectivity index (χ2n) is 1.01. The van der Waals surface area contributed by atoms with Gasteiger partial charge in [-0.1, -0.05) is 0 Å². The van der Waals surface area contributed by atoms with Crippen LogP contribution in [0.4, 0.5) is 0 Å². The molecule has 0 atom stereocenters. The van der Waals surface area contributed by atoms with Crippen LogP contribution in [0, 0.1) is 0 Å². The summed E-state index contributed by atoms with van der Waals surface area (Å²) in [6.45, 7) is 1.68. The van der Waals surface area contributed by atoms with Crippen LogP contribution < -0.4 is 0 Å². The van der Waals surface area contributed by atoms with Crippen molar-refractivity contribution in [2.75, 3.05) is 6.61 Å². The molecule has 0 aromatic rings. The summed E-state index contributed by atoms with van der Waals surface area (Å²) in [5.74, 6) is 0. The molecule has 0 fully saturated rings. The molecule has 0 spiro atoms. The van der Waals surface area contributed by atoms with E-state index < -0.39 is 9.05 Å². The van der Waals surface area contributed by atoms with Gasteiger partial charge in [-0.3, -0.25) is 0 Å². The van der Waals surface area contributed by atoms with Crippen molar-refractivity contribution in [3.63, 3.8) is 0 Å². The number of rotatable bonds is 2. The first-order valence-electron chi connectivity index (χ1n) is 2.07. The van der Waals surface area contributed by atoms with Crippen LogP contribution in [0.5, 0.6) is 0 Å². The molecule has 0 bridgehead atoms. The summed E-state index contributed by atoms with van der Waals surface area (Å²) in [7, 11) is -4.16. The van der Waals surface area contributed by atoms with Gasteiger partial charge < -0.3 is 18.8 Å². The number of hydrogen-bond acceptors (Lipinski definition) is 5. The van der Waals surface area contributed by atoms with Crippen molar-refractivity contribution in [1.29, 1.82) is 0 Å². The minimum atomic E-state index is -4.16. The Labute approximate surface area is 65.5 Å². The third-order valence-electron chi connectivity index (χ3n) is 0.338. The average Bonchev–Trinajstić information content (AvgIpc) is 1.69. The van der Waals surface area contributed by atoms with Crippen molar-refractivity contribution in [2.24, 2.45) is 0 Å². The monoisotopic (exact) mass is 188 g/mol. The van der Waals surface area contributed by atoms with Crippen molar-refractivity contribution >= 4 is 9.05 Å². The topological polar surface area (TPSA) is 87.0 Å². The normalized spacial score (nSPS) is 9.67. The van der Waals surface area contributed by atoms with Gasteiger partial charge in [-0.25, -0.2) is 0 Å². The van der Waals surface area contributed by atoms with Crippen LogP contribution in [0.3, 0.4) is 0 Å². The van der Waals surface area contributed by atoms with Gasteiger partial charge >= 0.3 is 32.8 Å². The van der Waals surface area contributed by atoms with Gasteiger partial charge in [0.1, 0.15) is 0 Å². The van der Waals surface area contributed by atoms with Gasteiger partial charge in [0.2, 0.25) is 0 Å². The molecule has 0 heterocycles. The SMILES string of the molecule is CCO[Si](O)(O)O.[O]=[Ti]. The molecular weight excluding hydrogens is 180 g/mol. The van der Waals surface area contributed by atoms with E-state index in [-0.39, 0.29) is 6.61 Å². The zero-order chi connectivity index (χ0) is 7.91. The second-order valence-corrected chi connectivity index (χ2v) is 2.44. The Morgan fingerprint density at radius 2 is 1.78 bits per heavy atom. The molecule has 0 rings (SSSR count). The van der Waals surface area contributed by atoms with Crippen LogP contribution >= 0.6 is 0 Å². The first kappa shape index (κ1) is 12.3. The fourth-order valence-corrected chi connectivity index (χ4v) is 0.581. The van der Waals surface area contributed by atoms with Crippen molar-refractivity contribution in [2.45, 2.75) is 6.92 Å². The molecule has 9 heavy (non-hydrogen) atoms. The maximum absolute atomic E-state index is 8.25. The van der Waals surface area contributed by atoms with E-state index in [9.17, 15) is 0 Å². The molecule has 0 saturated heterocycles. The van der Waals surface area contributed by atoms with Crippen LogP contribution in [0.2, 0.25) is 0 Å². The van der Waals surface area contributed by atoms with Crippen molar-refractivity contribution in [3.05, 3.63) is 0 Å². The summed E-state index contributed by atoms with van der Waals surface area (Å²) < 4.78 is 12.3. The van der Waals surface area contributed by atoms with Crippen LogP contribution in [0.25, 0.3) is 0 Å². The quantitative estimate of drug-likeness (QED) is 0.450. The first-order chi connectivity index (χ1) is 4.06. The second kappa shape index (κ2) is 6.69. The van der Waals surface area contributed by atoms with Crippen LogP contribution in [0.1, 0.15) is 6.92 Å². The molecule has 0 unspecified atom stereocenters. The predicted molar refractivity (Wildman–Crippen MR) is 24.7 cm³/mol. The Morgan fingerprint density at radius 1 is 1.44 bits per heavy atom. The Kier molecular flexibility index (Phi) is 9.12. The van der Waals surface area contributed by atoms with Crippen LogP contribution in [0.15, 0.2) is 0 Å². The van der Waals surface area contributed by atoms with E-state index in [4.69, 9.17) is 17.7 Å². The van der Waals surface area contributed by atoms with Gasteiger partial charge in [0.15, 0.2) is 0 Å². The summed E-state index contributed by atoms with van der Waals surface area (Å²) in [6, 6.07) is 0. The van der Waals surface area contributed by atoms with E-state index in [1.807, 2.05) is 0 Å². The average molecular weight is 188 g/mol. The molecule has 0 aromatic heterocycles. The Bertz CT molecular complexity index is 62.5. The first-order valence-corrected chi connectivity index (χ1v) is 4.46. The summed E-state index contributed by atoms with van der Waals surface area (Å²) >= 11 is 0.750. The molecule has 7 heteroatoms. The maximum atomic E-state index is 8.25. The van der Waals surface area contributed by atoms with Crippen LogP contribution in [-0.4, -0.2) is 30.0 Å². The molecule has 54 valence electrons. The molecule has 0 radical (unpaired) electrons. The molecule has 0 amide bonds. The molecule has 0 aliphatic carbocycles. The fourth-order valence-electron chi connectivity index (χ4n) is 0.194. The standard InChI is InChI=1S/C2H8O4Si.O.Ti/c1-2-6-7(3,4)5;;/h3-5H,2H2,1H3;;. The fraction of sp³-hybridized carbons (Fsp3) is 1.00. The van der Waals surface area contributed by atoms with Crippen LogP contribution in [-0.2, 0) is 28.2 Å². The summed E-state index contributed by atoms with van der Waals surface area (Å²) in [4.78, 5) is 24.1. The van der Waals surface area contributed by atoms with Crippen molar-refractivity contribution < 1.29 is 42.5 Å². The zero-order valence-corrected chi connectivity index (χ0v) is 7.43. The molecule has 3 N–H and O–H groups in total.